The Morgan fingerprint density at radius 3 is 1.97 bits per heavy atom. The number of nitrogens with one attached hydrogen (secondary N) is 1. The molecule has 0 spiro atoms. The largest absolute Gasteiger partial charge is 0.301 e. The van der Waals surface area contributed by atoms with E-state index in [0.29, 0.717) is 13.1 Å². The second-order valence-electron chi connectivity index (χ2n) is 8.18. The van der Waals surface area contributed by atoms with E-state index in [-0.39, 0.29) is 22.4 Å². The van der Waals surface area contributed by atoms with E-state index in [9.17, 15) is 16.8 Å². The molecular formula is C22H31N3O4S2. The van der Waals surface area contributed by atoms with Crippen molar-refractivity contribution in [2.45, 2.75) is 42.0 Å². The Balaban J connectivity index is 1.73. The number of benzene rings is 2. The maximum Gasteiger partial charge on any atom is 0.243 e. The zero-order chi connectivity index (χ0) is 22.6. The maximum atomic E-state index is 12.8. The van der Waals surface area contributed by atoms with Crippen LogP contribution >= 0.6 is 0 Å². The normalized spacial score (nSPS) is 17.0. The van der Waals surface area contributed by atoms with Crippen LogP contribution < -0.4 is 4.72 Å². The quantitative estimate of drug-likeness (QED) is 0.648. The van der Waals surface area contributed by atoms with Gasteiger partial charge in [-0.3, -0.25) is 0 Å². The number of likely N-dealkylation sites (N-methyl/N-ethyl adjacent to an activating group) is 1. The summed E-state index contributed by atoms with van der Waals surface area (Å²) in [6.07, 6.45) is 2.73. The summed E-state index contributed by atoms with van der Waals surface area (Å²) in [4.78, 5) is 2.13. The van der Waals surface area contributed by atoms with Gasteiger partial charge in [-0.1, -0.05) is 36.2 Å². The Morgan fingerprint density at radius 2 is 1.42 bits per heavy atom. The van der Waals surface area contributed by atoms with Crippen LogP contribution in [0.15, 0.2) is 58.3 Å². The van der Waals surface area contributed by atoms with E-state index >= 15 is 0 Å². The number of hydrogen-bond donors (Lipinski definition) is 1. The third kappa shape index (κ3) is 5.72. The van der Waals surface area contributed by atoms with Crippen LogP contribution in [0.3, 0.4) is 0 Å². The maximum absolute atomic E-state index is 12.8. The lowest BCUT2D eigenvalue weighted by Gasteiger charge is -2.26. The molecule has 3 rings (SSSR count). The molecule has 0 aromatic heterocycles. The zero-order valence-corrected chi connectivity index (χ0v) is 19.9. The standard InChI is InChI=1S/C22H31N3O4S2/c1-18-7-9-19(10-8-18)22(24(2)3)17-23-30(26,27)20-11-13-21(14-12-20)31(28,29)25-15-5-4-6-16-25/h7-14,22-23H,4-6,15-17H2,1-3H3. The van der Waals surface area contributed by atoms with Gasteiger partial charge in [0.2, 0.25) is 20.0 Å². The smallest absolute Gasteiger partial charge is 0.243 e. The molecule has 1 N–H and O–H groups in total. The molecule has 0 saturated carbocycles. The third-order valence-corrected chi connectivity index (χ3v) is 8.99. The second-order valence-corrected chi connectivity index (χ2v) is 11.9. The Morgan fingerprint density at radius 1 is 0.871 bits per heavy atom. The first-order chi connectivity index (χ1) is 14.6. The van der Waals surface area contributed by atoms with Crippen molar-refractivity contribution in [3.05, 3.63) is 59.7 Å². The number of rotatable bonds is 8. The van der Waals surface area contributed by atoms with Crippen LogP contribution in [-0.4, -0.2) is 59.8 Å². The van der Waals surface area contributed by atoms with Gasteiger partial charge in [-0.25, -0.2) is 21.6 Å². The molecule has 0 amide bonds. The highest BCUT2D eigenvalue weighted by Crippen LogP contribution is 2.23. The van der Waals surface area contributed by atoms with E-state index in [1.807, 2.05) is 50.2 Å². The van der Waals surface area contributed by atoms with Crippen LogP contribution in [0.4, 0.5) is 0 Å². The number of nitrogens with zero attached hydrogens (tertiary/aromatic N) is 2. The lowest BCUT2D eigenvalue weighted by molar-refractivity contribution is 0.299. The first-order valence-electron chi connectivity index (χ1n) is 10.4. The minimum Gasteiger partial charge on any atom is -0.301 e. The highest BCUT2D eigenvalue weighted by molar-refractivity contribution is 7.89. The highest BCUT2D eigenvalue weighted by Gasteiger charge is 2.26. The van der Waals surface area contributed by atoms with Crippen LogP contribution in [0.1, 0.15) is 36.4 Å². The van der Waals surface area contributed by atoms with E-state index in [4.69, 9.17) is 0 Å². The van der Waals surface area contributed by atoms with Crippen molar-refractivity contribution in [3.8, 4) is 0 Å². The lowest BCUT2D eigenvalue weighted by atomic mass is 10.0. The van der Waals surface area contributed by atoms with Gasteiger partial charge in [0.05, 0.1) is 9.79 Å². The highest BCUT2D eigenvalue weighted by atomic mass is 32.2. The fraction of sp³-hybridized carbons (Fsp3) is 0.455. The Bertz CT molecular complexity index is 1070. The average molecular weight is 466 g/mol. The van der Waals surface area contributed by atoms with Gasteiger partial charge in [0, 0.05) is 25.7 Å². The van der Waals surface area contributed by atoms with E-state index in [2.05, 4.69) is 4.72 Å². The number of sulfonamides is 2. The van der Waals surface area contributed by atoms with Crippen molar-refractivity contribution in [2.75, 3.05) is 33.7 Å². The van der Waals surface area contributed by atoms with Crippen molar-refractivity contribution in [2.24, 2.45) is 0 Å². The molecule has 0 radical (unpaired) electrons. The number of piperidine rings is 1. The summed E-state index contributed by atoms with van der Waals surface area (Å²) in [6, 6.07) is 13.3. The monoisotopic (exact) mass is 465 g/mol. The molecular weight excluding hydrogens is 434 g/mol. The molecule has 1 aliphatic rings. The van der Waals surface area contributed by atoms with Gasteiger partial charge >= 0.3 is 0 Å². The first kappa shape index (κ1) is 23.9. The fourth-order valence-electron chi connectivity index (χ4n) is 3.70. The van der Waals surface area contributed by atoms with E-state index < -0.39 is 20.0 Å². The minimum absolute atomic E-state index is 0.0477. The van der Waals surface area contributed by atoms with Gasteiger partial charge in [-0.15, -0.1) is 0 Å². The molecule has 0 bridgehead atoms. The molecule has 1 saturated heterocycles. The summed E-state index contributed by atoms with van der Waals surface area (Å²) < 4.78 is 55.3. The summed E-state index contributed by atoms with van der Waals surface area (Å²) in [5.74, 6) is 0. The van der Waals surface area contributed by atoms with Crippen LogP contribution in [0.5, 0.6) is 0 Å². The van der Waals surface area contributed by atoms with Crippen molar-refractivity contribution in [1.82, 2.24) is 13.9 Å². The topological polar surface area (TPSA) is 86.8 Å². The van der Waals surface area contributed by atoms with Crippen molar-refractivity contribution in [3.63, 3.8) is 0 Å². The Labute approximate surface area is 186 Å². The summed E-state index contributed by atoms with van der Waals surface area (Å²) in [5, 5.41) is 0. The van der Waals surface area contributed by atoms with Gasteiger partial charge in [0.25, 0.3) is 0 Å². The van der Waals surface area contributed by atoms with E-state index in [1.165, 1.54) is 28.6 Å². The molecule has 170 valence electrons. The minimum atomic E-state index is -3.78. The molecule has 9 heteroatoms. The Hall–Kier alpha value is -1.78. The molecule has 1 heterocycles. The van der Waals surface area contributed by atoms with Crippen molar-refractivity contribution < 1.29 is 16.8 Å². The fourth-order valence-corrected chi connectivity index (χ4v) is 6.26. The second kappa shape index (κ2) is 9.79. The van der Waals surface area contributed by atoms with Gasteiger partial charge in [-0.2, -0.15) is 4.31 Å². The van der Waals surface area contributed by atoms with Crippen LogP contribution in [0.2, 0.25) is 0 Å². The zero-order valence-electron chi connectivity index (χ0n) is 18.3. The lowest BCUT2D eigenvalue weighted by Crippen LogP contribution is -2.35. The molecule has 1 aliphatic heterocycles. The van der Waals surface area contributed by atoms with Crippen LogP contribution in [0.25, 0.3) is 0 Å². The summed E-state index contributed by atoms with van der Waals surface area (Å²) in [7, 11) is -3.56. The third-order valence-electron chi connectivity index (χ3n) is 5.64. The number of hydrogen-bond acceptors (Lipinski definition) is 5. The number of aryl methyl sites for hydroxylation is 1. The Kier molecular flexibility index (Phi) is 7.54. The summed E-state index contributed by atoms with van der Waals surface area (Å²) in [5.41, 5.74) is 2.16. The predicted molar refractivity (Wildman–Crippen MR) is 122 cm³/mol. The molecule has 1 unspecified atom stereocenters. The van der Waals surface area contributed by atoms with E-state index in [0.717, 1.165) is 30.4 Å². The molecule has 0 aliphatic carbocycles. The molecule has 1 fully saturated rings. The van der Waals surface area contributed by atoms with Gasteiger partial charge in [-0.05, 0) is 63.7 Å². The molecule has 1 atom stereocenters. The SMILES string of the molecule is Cc1ccc(C(CNS(=O)(=O)c2ccc(S(=O)(=O)N3CCCCC3)cc2)N(C)C)cc1. The molecule has 2 aromatic rings. The average Bonchev–Trinajstić information content (AvgIpc) is 2.75. The molecule has 31 heavy (non-hydrogen) atoms. The summed E-state index contributed by atoms with van der Waals surface area (Å²) in [6.45, 7) is 3.22. The van der Waals surface area contributed by atoms with Crippen molar-refractivity contribution in [1.29, 1.82) is 0 Å². The molecule has 2 aromatic carbocycles. The van der Waals surface area contributed by atoms with E-state index in [1.54, 1.807) is 0 Å². The van der Waals surface area contributed by atoms with Crippen molar-refractivity contribution >= 4 is 20.0 Å². The van der Waals surface area contributed by atoms with Gasteiger partial charge < -0.3 is 4.90 Å². The summed E-state index contributed by atoms with van der Waals surface area (Å²) >= 11 is 0. The van der Waals surface area contributed by atoms with Crippen LogP contribution in [-0.2, 0) is 20.0 Å². The van der Waals surface area contributed by atoms with Gasteiger partial charge in [0.1, 0.15) is 0 Å². The first-order valence-corrected chi connectivity index (χ1v) is 13.4. The van der Waals surface area contributed by atoms with Crippen LogP contribution in [0, 0.1) is 6.92 Å². The molecule has 7 nitrogen and oxygen atoms in total. The van der Waals surface area contributed by atoms with Gasteiger partial charge in [0.15, 0.2) is 0 Å². The predicted octanol–water partition coefficient (Wildman–Crippen LogP) is 2.75.